The Balaban J connectivity index is 2.27. The summed E-state index contributed by atoms with van der Waals surface area (Å²) in [5, 5.41) is 2.71. The van der Waals surface area contributed by atoms with Crippen LogP contribution in [0.15, 0.2) is 12.1 Å². The lowest BCUT2D eigenvalue weighted by Gasteiger charge is -2.09. The maximum atomic E-state index is 13.4. The molecular weight excluding hydrogens is 238 g/mol. The van der Waals surface area contributed by atoms with Crippen molar-refractivity contribution in [3.63, 3.8) is 0 Å². The van der Waals surface area contributed by atoms with Gasteiger partial charge in [-0.2, -0.15) is 0 Å². The molecule has 1 rings (SSSR count). The van der Waals surface area contributed by atoms with Gasteiger partial charge in [-0.3, -0.25) is 0 Å². The largest absolute Gasteiger partial charge is 0.399 e. The first kappa shape index (κ1) is 14.7. The van der Waals surface area contributed by atoms with Gasteiger partial charge in [0.1, 0.15) is 5.69 Å². The minimum Gasteiger partial charge on any atom is -0.399 e. The molecule has 0 saturated carbocycles. The van der Waals surface area contributed by atoms with Gasteiger partial charge in [0.05, 0.1) is 0 Å². The molecular formula is C13H20F2N2O. The average Bonchev–Trinajstić information content (AvgIpc) is 2.30. The van der Waals surface area contributed by atoms with Crippen molar-refractivity contribution in [1.82, 2.24) is 0 Å². The molecule has 0 amide bonds. The van der Waals surface area contributed by atoms with Crippen molar-refractivity contribution in [2.24, 2.45) is 0 Å². The molecule has 3 nitrogen and oxygen atoms in total. The summed E-state index contributed by atoms with van der Waals surface area (Å²) >= 11 is 0. The molecule has 0 unspecified atom stereocenters. The molecule has 18 heavy (non-hydrogen) atoms. The van der Waals surface area contributed by atoms with E-state index in [2.05, 4.69) is 12.2 Å². The van der Waals surface area contributed by atoms with Crippen molar-refractivity contribution in [3.05, 3.63) is 23.8 Å². The van der Waals surface area contributed by atoms with E-state index in [-0.39, 0.29) is 11.4 Å². The van der Waals surface area contributed by atoms with Gasteiger partial charge < -0.3 is 15.8 Å². The third-order valence-corrected chi connectivity index (χ3v) is 2.47. The first-order valence-corrected chi connectivity index (χ1v) is 6.21. The van der Waals surface area contributed by atoms with Crippen molar-refractivity contribution in [2.75, 3.05) is 30.8 Å². The van der Waals surface area contributed by atoms with Gasteiger partial charge in [0.25, 0.3) is 0 Å². The van der Waals surface area contributed by atoms with Gasteiger partial charge in [-0.1, -0.05) is 13.3 Å². The first-order chi connectivity index (χ1) is 8.65. The van der Waals surface area contributed by atoms with Crippen molar-refractivity contribution >= 4 is 11.4 Å². The van der Waals surface area contributed by atoms with E-state index in [0.29, 0.717) is 19.6 Å². The van der Waals surface area contributed by atoms with Gasteiger partial charge in [-0.25, -0.2) is 8.78 Å². The standard InChI is InChI=1S/C13H20F2N2O/c1-2-3-6-18-7-4-5-17-13-11(14)8-10(16)9-12(13)15/h8-9,17H,2-7,16H2,1H3. The maximum Gasteiger partial charge on any atom is 0.151 e. The first-order valence-electron chi connectivity index (χ1n) is 6.21. The second-order valence-electron chi connectivity index (χ2n) is 4.11. The zero-order valence-corrected chi connectivity index (χ0v) is 10.6. The molecule has 0 aromatic heterocycles. The van der Waals surface area contributed by atoms with Crippen LogP contribution in [0.1, 0.15) is 26.2 Å². The number of nitrogens with one attached hydrogen (secondary N) is 1. The van der Waals surface area contributed by atoms with Crippen LogP contribution in [0, 0.1) is 11.6 Å². The maximum absolute atomic E-state index is 13.4. The predicted molar refractivity (Wildman–Crippen MR) is 69.6 cm³/mol. The van der Waals surface area contributed by atoms with Crippen molar-refractivity contribution in [1.29, 1.82) is 0 Å². The summed E-state index contributed by atoms with van der Waals surface area (Å²) in [5.74, 6) is -1.33. The zero-order valence-electron chi connectivity index (χ0n) is 10.6. The summed E-state index contributed by atoms with van der Waals surface area (Å²) in [7, 11) is 0. The molecule has 1 aromatic rings. The Labute approximate surface area is 106 Å². The Morgan fingerprint density at radius 2 is 1.78 bits per heavy atom. The Bertz CT molecular complexity index is 349. The molecule has 0 aliphatic rings. The van der Waals surface area contributed by atoms with Gasteiger partial charge in [0.2, 0.25) is 0 Å². The van der Waals surface area contributed by atoms with Crippen LogP contribution >= 0.6 is 0 Å². The minimum atomic E-state index is -0.667. The SMILES string of the molecule is CCCCOCCCNc1c(F)cc(N)cc1F. The number of hydrogen-bond acceptors (Lipinski definition) is 3. The summed E-state index contributed by atoms with van der Waals surface area (Å²) in [5.41, 5.74) is 5.28. The van der Waals surface area contributed by atoms with Crippen LogP contribution < -0.4 is 11.1 Å². The summed E-state index contributed by atoms with van der Waals surface area (Å²) in [6.45, 7) is 3.88. The van der Waals surface area contributed by atoms with Gasteiger partial charge in [0, 0.05) is 25.4 Å². The highest BCUT2D eigenvalue weighted by molar-refractivity contribution is 5.53. The molecule has 0 atom stereocenters. The van der Waals surface area contributed by atoms with Gasteiger partial charge in [0.15, 0.2) is 11.6 Å². The quantitative estimate of drug-likeness (QED) is 0.556. The Kier molecular flexibility index (Phi) is 6.43. The van der Waals surface area contributed by atoms with Crippen LogP contribution in [-0.4, -0.2) is 19.8 Å². The fourth-order valence-electron chi connectivity index (χ4n) is 1.50. The lowest BCUT2D eigenvalue weighted by Crippen LogP contribution is -2.09. The average molecular weight is 258 g/mol. The number of nitrogens with two attached hydrogens (primary N) is 1. The third kappa shape index (κ3) is 4.87. The predicted octanol–water partition coefficient (Wildman–Crippen LogP) is 3.17. The minimum absolute atomic E-state index is 0.0819. The normalized spacial score (nSPS) is 10.6. The van der Waals surface area contributed by atoms with E-state index in [4.69, 9.17) is 10.5 Å². The van der Waals surface area contributed by atoms with E-state index in [1.54, 1.807) is 0 Å². The molecule has 0 heterocycles. The Hall–Kier alpha value is -1.36. The summed E-state index contributed by atoms with van der Waals surface area (Å²) in [6.07, 6.45) is 2.84. The highest BCUT2D eigenvalue weighted by atomic mass is 19.1. The number of hydrogen-bond donors (Lipinski definition) is 2. The third-order valence-electron chi connectivity index (χ3n) is 2.47. The number of unbranched alkanes of at least 4 members (excludes halogenated alkanes) is 1. The molecule has 0 spiro atoms. The molecule has 0 radical (unpaired) electrons. The molecule has 102 valence electrons. The lowest BCUT2D eigenvalue weighted by atomic mass is 10.2. The molecule has 0 aliphatic heterocycles. The smallest absolute Gasteiger partial charge is 0.151 e. The second-order valence-corrected chi connectivity index (χ2v) is 4.11. The topological polar surface area (TPSA) is 47.3 Å². The number of anilines is 2. The van der Waals surface area contributed by atoms with Crippen LogP contribution in [0.3, 0.4) is 0 Å². The van der Waals surface area contributed by atoms with E-state index in [9.17, 15) is 8.78 Å². The van der Waals surface area contributed by atoms with Crippen LogP contribution in [0.2, 0.25) is 0 Å². The zero-order chi connectivity index (χ0) is 13.4. The van der Waals surface area contributed by atoms with E-state index < -0.39 is 11.6 Å². The van der Waals surface area contributed by atoms with E-state index in [1.807, 2.05) is 0 Å². The number of nitrogen functional groups attached to an aromatic ring is 1. The molecule has 0 saturated heterocycles. The molecule has 0 fully saturated rings. The highest BCUT2D eigenvalue weighted by Crippen LogP contribution is 2.21. The van der Waals surface area contributed by atoms with Crippen molar-refractivity contribution in [2.45, 2.75) is 26.2 Å². The Morgan fingerprint density at radius 1 is 1.17 bits per heavy atom. The fourth-order valence-corrected chi connectivity index (χ4v) is 1.50. The second kappa shape index (κ2) is 7.87. The molecule has 1 aromatic carbocycles. The van der Waals surface area contributed by atoms with Gasteiger partial charge in [-0.15, -0.1) is 0 Å². The van der Waals surface area contributed by atoms with Gasteiger partial charge in [-0.05, 0) is 25.0 Å². The fraction of sp³-hybridized carbons (Fsp3) is 0.538. The molecule has 5 heteroatoms. The molecule has 0 bridgehead atoms. The van der Waals surface area contributed by atoms with Crippen molar-refractivity contribution in [3.8, 4) is 0 Å². The van der Waals surface area contributed by atoms with Crippen molar-refractivity contribution < 1.29 is 13.5 Å². The van der Waals surface area contributed by atoms with Crippen LogP contribution in [0.25, 0.3) is 0 Å². The number of benzene rings is 1. The van der Waals surface area contributed by atoms with Gasteiger partial charge >= 0.3 is 0 Å². The van der Waals surface area contributed by atoms with Crippen LogP contribution in [0.5, 0.6) is 0 Å². The summed E-state index contributed by atoms with van der Waals surface area (Å²) in [6, 6.07) is 2.20. The van der Waals surface area contributed by atoms with Crippen LogP contribution in [-0.2, 0) is 4.74 Å². The van der Waals surface area contributed by atoms with Crippen LogP contribution in [0.4, 0.5) is 20.2 Å². The molecule has 0 aliphatic carbocycles. The highest BCUT2D eigenvalue weighted by Gasteiger charge is 2.09. The lowest BCUT2D eigenvalue weighted by molar-refractivity contribution is 0.131. The van der Waals surface area contributed by atoms with E-state index in [0.717, 1.165) is 31.6 Å². The number of ether oxygens (including phenoxy) is 1. The van der Waals surface area contributed by atoms with E-state index in [1.165, 1.54) is 0 Å². The summed E-state index contributed by atoms with van der Waals surface area (Å²) < 4.78 is 32.1. The molecule has 3 N–H and O–H groups in total. The summed E-state index contributed by atoms with van der Waals surface area (Å²) in [4.78, 5) is 0. The monoisotopic (exact) mass is 258 g/mol. The van der Waals surface area contributed by atoms with E-state index >= 15 is 0 Å². The Morgan fingerprint density at radius 3 is 2.39 bits per heavy atom. The number of rotatable bonds is 8. The number of halogens is 2.